The van der Waals surface area contributed by atoms with Crippen molar-refractivity contribution in [3.63, 3.8) is 0 Å². The molecular formula is C14H28O2. The predicted octanol–water partition coefficient (Wildman–Crippen LogP) is 3.93. The second-order valence-electron chi connectivity index (χ2n) is 4.92. The van der Waals surface area contributed by atoms with Crippen LogP contribution in [0.2, 0.25) is 0 Å². The Hall–Kier alpha value is -0.0800. The van der Waals surface area contributed by atoms with Crippen LogP contribution in [0.5, 0.6) is 0 Å². The van der Waals surface area contributed by atoms with E-state index in [1.807, 2.05) is 0 Å². The zero-order valence-electron chi connectivity index (χ0n) is 10.9. The highest BCUT2D eigenvalue weighted by Crippen LogP contribution is 2.18. The Balaban J connectivity index is 1.61. The molecule has 0 bridgehead atoms. The summed E-state index contributed by atoms with van der Waals surface area (Å²) in [6.45, 7) is 1.96. The molecule has 1 aliphatic rings. The van der Waals surface area contributed by atoms with Gasteiger partial charge in [0.1, 0.15) is 0 Å². The molecule has 2 nitrogen and oxygen atoms in total. The quantitative estimate of drug-likeness (QED) is 0.373. The fourth-order valence-electron chi connectivity index (χ4n) is 2.09. The number of hydrogen-bond donors (Lipinski definition) is 0. The summed E-state index contributed by atoms with van der Waals surface area (Å²) < 4.78 is 10.2. The summed E-state index contributed by atoms with van der Waals surface area (Å²) in [7, 11) is 1.78. The highest BCUT2D eigenvalue weighted by Gasteiger charge is 2.20. The summed E-state index contributed by atoms with van der Waals surface area (Å²) in [5, 5.41) is 0. The molecule has 1 fully saturated rings. The van der Waals surface area contributed by atoms with Gasteiger partial charge in [0, 0.05) is 13.7 Å². The molecule has 0 aromatic carbocycles. The van der Waals surface area contributed by atoms with Crippen molar-refractivity contribution < 1.29 is 9.47 Å². The van der Waals surface area contributed by atoms with Crippen LogP contribution in [0.25, 0.3) is 0 Å². The van der Waals surface area contributed by atoms with Crippen LogP contribution in [0, 0.1) is 0 Å². The first-order valence-corrected chi connectivity index (χ1v) is 7.04. The largest absolute Gasteiger partial charge is 0.385 e. The van der Waals surface area contributed by atoms with Crippen molar-refractivity contribution in [2.75, 3.05) is 20.3 Å². The van der Waals surface area contributed by atoms with Crippen molar-refractivity contribution in [3.8, 4) is 0 Å². The number of epoxide rings is 1. The van der Waals surface area contributed by atoms with Gasteiger partial charge in [0.2, 0.25) is 0 Å². The number of ether oxygens (including phenoxy) is 2. The molecule has 1 atom stereocenters. The van der Waals surface area contributed by atoms with E-state index in [1.165, 1.54) is 64.2 Å². The number of unbranched alkanes of at least 4 members (excludes halogenated alkanes) is 8. The van der Waals surface area contributed by atoms with Crippen molar-refractivity contribution in [1.29, 1.82) is 0 Å². The summed E-state index contributed by atoms with van der Waals surface area (Å²) in [5.41, 5.74) is 0. The molecule has 0 aromatic rings. The molecule has 2 heteroatoms. The number of hydrogen-bond acceptors (Lipinski definition) is 2. The molecule has 16 heavy (non-hydrogen) atoms. The van der Waals surface area contributed by atoms with E-state index in [-0.39, 0.29) is 0 Å². The molecule has 0 aromatic heterocycles. The molecule has 0 unspecified atom stereocenters. The Labute approximate surface area is 101 Å². The first-order valence-electron chi connectivity index (χ1n) is 7.04. The molecule has 0 aliphatic carbocycles. The normalized spacial score (nSPS) is 18.9. The maximum Gasteiger partial charge on any atom is 0.0810 e. The average molecular weight is 228 g/mol. The minimum atomic E-state index is 0.640. The van der Waals surface area contributed by atoms with Crippen LogP contribution in [0.15, 0.2) is 0 Å². The standard InChI is InChI=1S/C14H28O2/c1-15-12-10-8-6-4-2-3-5-7-9-11-14-13-16-14/h14H,2-13H2,1H3/t14-/m1/s1. The van der Waals surface area contributed by atoms with Crippen LogP contribution in [-0.2, 0) is 9.47 Å². The van der Waals surface area contributed by atoms with Gasteiger partial charge in [-0.25, -0.2) is 0 Å². The summed E-state index contributed by atoms with van der Waals surface area (Å²) >= 11 is 0. The van der Waals surface area contributed by atoms with Gasteiger partial charge in [0.15, 0.2) is 0 Å². The Bertz CT molecular complexity index is 144. The molecule has 1 saturated heterocycles. The van der Waals surface area contributed by atoms with Crippen LogP contribution in [-0.4, -0.2) is 26.4 Å². The lowest BCUT2D eigenvalue weighted by molar-refractivity contribution is 0.192. The molecule has 0 spiro atoms. The van der Waals surface area contributed by atoms with Crippen molar-refractivity contribution >= 4 is 0 Å². The van der Waals surface area contributed by atoms with Gasteiger partial charge in [-0.2, -0.15) is 0 Å². The zero-order valence-corrected chi connectivity index (χ0v) is 10.9. The van der Waals surface area contributed by atoms with Crippen LogP contribution >= 0.6 is 0 Å². The van der Waals surface area contributed by atoms with E-state index in [0.717, 1.165) is 13.2 Å². The summed E-state index contributed by atoms with van der Waals surface area (Å²) in [6.07, 6.45) is 14.4. The summed E-state index contributed by atoms with van der Waals surface area (Å²) in [4.78, 5) is 0. The summed E-state index contributed by atoms with van der Waals surface area (Å²) in [5.74, 6) is 0. The topological polar surface area (TPSA) is 21.8 Å². The van der Waals surface area contributed by atoms with Crippen molar-refractivity contribution in [3.05, 3.63) is 0 Å². The van der Waals surface area contributed by atoms with E-state index >= 15 is 0 Å². The highest BCUT2D eigenvalue weighted by molar-refractivity contribution is 4.68. The minimum Gasteiger partial charge on any atom is -0.385 e. The van der Waals surface area contributed by atoms with Gasteiger partial charge in [-0.3, -0.25) is 0 Å². The molecule has 96 valence electrons. The second kappa shape index (κ2) is 10.1. The first kappa shape index (κ1) is 14.0. The Kier molecular flexibility index (Phi) is 8.83. The van der Waals surface area contributed by atoms with Gasteiger partial charge in [-0.05, 0) is 12.8 Å². The van der Waals surface area contributed by atoms with Crippen LogP contribution in [0.1, 0.15) is 64.2 Å². The lowest BCUT2D eigenvalue weighted by Gasteiger charge is -2.02. The lowest BCUT2D eigenvalue weighted by atomic mass is 10.1. The molecule has 0 radical (unpaired) electrons. The number of methoxy groups -OCH3 is 1. The molecule has 0 N–H and O–H groups in total. The second-order valence-corrected chi connectivity index (χ2v) is 4.92. The lowest BCUT2D eigenvalue weighted by Crippen LogP contribution is -1.88. The van der Waals surface area contributed by atoms with Crippen LogP contribution in [0.4, 0.5) is 0 Å². The fourth-order valence-corrected chi connectivity index (χ4v) is 2.09. The number of rotatable bonds is 12. The third kappa shape index (κ3) is 9.17. The van der Waals surface area contributed by atoms with Gasteiger partial charge < -0.3 is 9.47 Å². The third-order valence-corrected chi connectivity index (χ3v) is 3.28. The van der Waals surface area contributed by atoms with Gasteiger partial charge >= 0.3 is 0 Å². The Morgan fingerprint density at radius 3 is 1.88 bits per heavy atom. The Morgan fingerprint density at radius 1 is 0.875 bits per heavy atom. The summed E-state index contributed by atoms with van der Waals surface area (Å²) in [6, 6.07) is 0. The maximum absolute atomic E-state index is 5.19. The van der Waals surface area contributed by atoms with E-state index in [9.17, 15) is 0 Å². The van der Waals surface area contributed by atoms with Gasteiger partial charge in [0.25, 0.3) is 0 Å². The van der Waals surface area contributed by atoms with E-state index in [1.54, 1.807) is 7.11 Å². The third-order valence-electron chi connectivity index (χ3n) is 3.28. The molecule has 1 heterocycles. The molecular weight excluding hydrogens is 200 g/mol. The van der Waals surface area contributed by atoms with Gasteiger partial charge in [0.05, 0.1) is 12.7 Å². The first-order chi connectivity index (χ1) is 7.93. The molecule has 0 amide bonds. The van der Waals surface area contributed by atoms with E-state index in [2.05, 4.69) is 0 Å². The smallest absolute Gasteiger partial charge is 0.0810 e. The van der Waals surface area contributed by atoms with Crippen LogP contribution < -0.4 is 0 Å². The SMILES string of the molecule is COCCCCCCCCCCC[C@@H]1CO1. The Morgan fingerprint density at radius 2 is 1.38 bits per heavy atom. The predicted molar refractivity (Wildman–Crippen MR) is 67.8 cm³/mol. The van der Waals surface area contributed by atoms with Crippen molar-refractivity contribution in [1.82, 2.24) is 0 Å². The van der Waals surface area contributed by atoms with Crippen molar-refractivity contribution in [2.45, 2.75) is 70.3 Å². The van der Waals surface area contributed by atoms with E-state index < -0.39 is 0 Å². The minimum absolute atomic E-state index is 0.640. The zero-order chi connectivity index (χ0) is 11.5. The van der Waals surface area contributed by atoms with E-state index in [0.29, 0.717) is 6.10 Å². The molecule has 0 saturated carbocycles. The van der Waals surface area contributed by atoms with Crippen LogP contribution in [0.3, 0.4) is 0 Å². The maximum atomic E-state index is 5.19. The molecule has 1 rings (SSSR count). The van der Waals surface area contributed by atoms with Gasteiger partial charge in [-0.15, -0.1) is 0 Å². The van der Waals surface area contributed by atoms with Gasteiger partial charge in [-0.1, -0.05) is 51.4 Å². The average Bonchev–Trinajstić information content (AvgIpc) is 3.10. The van der Waals surface area contributed by atoms with Crippen molar-refractivity contribution in [2.24, 2.45) is 0 Å². The highest BCUT2D eigenvalue weighted by atomic mass is 16.6. The fraction of sp³-hybridized carbons (Fsp3) is 1.00. The monoisotopic (exact) mass is 228 g/mol. The molecule has 1 aliphatic heterocycles. The van der Waals surface area contributed by atoms with E-state index in [4.69, 9.17) is 9.47 Å².